The van der Waals surface area contributed by atoms with Crippen molar-refractivity contribution < 1.29 is 27.8 Å². The van der Waals surface area contributed by atoms with Crippen molar-refractivity contribution in [2.45, 2.75) is 38.6 Å². The monoisotopic (exact) mass is 604 g/mol. The number of hydrogen-bond donors (Lipinski definition) is 2. The van der Waals surface area contributed by atoms with Gasteiger partial charge >= 0.3 is 6.18 Å². The molecule has 0 unspecified atom stereocenters. The van der Waals surface area contributed by atoms with Gasteiger partial charge in [0.25, 0.3) is 0 Å². The average Bonchev–Trinajstić information content (AvgIpc) is 3.58. The number of aromatic amines is 1. The quantitative estimate of drug-likeness (QED) is 0.245. The van der Waals surface area contributed by atoms with Crippen LogP contribution in [0.3, 0.4) is 0 Å². The van der Waals surface area contributed by atoms with Gasteiger partial charge < -0.3 is 19.6 Å². The van der Waals surface area contributed by atoms with Gasteiger partial charge in [0.15, 0.2) is 11.5 Å². The molecule has 3 aromatic heterocycles. The van der Waals surface area contributed by atoms with Crippen molar-refractivity contribution in [3.05, 3.63) is 59.8 Å². The molecule has 0 atom stereocenters. The van der Waals surface area contributed by atoms with E-state index in [1.54, 1.807) is 30.5 Å². The molecule has 9 nitrogen and oxygen atoms in total. The molecule has 224 valence electrons. The standard InChI is InChI=1S/C29H32ClF3N6O3/c1-28(2,40)7-10-39-26(29(31,32)33)21(18-37-39)25-23(27-34-8-4-9-35-27)20(17-36-25)19-5-3-6-22(24(19)30)42-16-13-38-11-14-41-15-12-38/h3-6,8-9,17-18,36,40H,7,10-16H2,1-2H3. The average molecular weight is 605 g/mol. The molecule has 5 rings (SSSR count). The summed E-state index contributed by atoms with van der Waals surface area (Å²) in [5.74, 6) is 0.677. The molecule has 1 aromatic carbocycles. The molecule has 4 heterocycles. The van der Waals surface area contributed by atoms with E-state index in [1.165, 1.54) is 32.4 Å². The van der Waals surface area contributed by atoms with Crippen molar-refractivity contribution in [1.82, 2.24) is 29.6 Å². The highest BCUT2D eigenvalue weighted by molar-refractivity contribution is 6.35. The summed E-state index contributed by atoms with van der Waals surface area (Å²) >= 11 is 6.84. The lowest BCUT2D eigenvalue weighted by Gasteiger charge is -2.26. The summed E-state index contributed by atoms with van der Waals surface area (Å²) in [6.07, 6.45) is 1.16. The molecule has 4 aromatic rings. The molecule has 0 bridgehead atoms. The van der Waals surface area contributed by atoms with E-state index < -0.39 is 17.5 Å². The fraction of sp³-hybridized carbons (Fsp3) is 0.414. The lowest BCUT2D eigenvalue weighted by molar-refractivity contribution is -0.144. The van der Waals surface area contributed by atoms with E-state index >= 15 is 0 Å². The molecule has 0 amide bonds. The van der Waals surface area contributed by atoms with Gasteiger partial charge in [0, 0.05) is 61.5 Å². The van der Waals surface area contributed by atoms with E-state index in [0.29, 0.717) is 53.8 Å². The van der Waals surface area contributed by atoms with Crippen molar-refractivity contribution in [3.63, 3.8) is 0 Å². The first kappa shape index (κ1) is 30.0. The van der Waals surface area contributed by atoms with Gasteiger partial charge in [0.05, 0.1) is 41.3 Å². The van der Waals surface area contributed by atoms with Gasteiger partial charge in [-0.05, 0) is 32.4 Å². The van der Waals surface area contributed by atoms with Crippen molar-refractivity contribution >= 4 is 11.6 Å². The maximum absolute atomic E-state index is 14.5. The third kappa shape index (κ3) is 6.78. The van der Waals surface area contributed by atoms with Gasteiger partial charge in [0.2, 0.25) is 0 Å². The number of rotatable bonds is 10. The Labute approximate surface area is 246 Å². The van der Waals surface area contributed by atoms with E-state index in [4.69, 9.17) is 21.1 Å². The second kappa shape index (κ2) is 12.4. The largest absolute Gasteiger partial charge is 0.491 e. The smallest absolute Gasteiger partial charge is 0.433 e. The molecule has 1 aliphatic rings. The third-order valence-corrected chi connectivity index (χ3v) is 7.39. The predicted octanol–water partition coefficient (Wildman–Crippen LogP) is 5.55. The first-order chi connectivity index (χ1) is 20.0. The number of ether oxygens (including phenoxy) is 2. The minimum Gasteiger partial charge on any atom is -0.491 e. The Morgan fingerprint density at radius 2 is 1.79 bits per heavy atom. The van der Waals surface area contributed by atoms with Crippen LogP contribution < -0.4 is 4.74 Å². The Bertz CT molecular complexity index is 1490. The number of hydrogen-bond acceptors (Lipinski definition) is 7. The summed E-state index contributed by atoms with van der Waals surface area (Å²) in [6.45, 7) is 7.10. The second-order valence-corrected chi connectivity index (χ2v) is 11.0. The van der Waals surface area contributed by atoms with E-state index in [9.17, 15) is 18.3 Å². The molecule has 13 heteroatoms. The molecule has 1 saturated heterocycles. The molecule has 0 spiro atoms. The fourth-order valence-corrected chi connectivity index (χ4v) is 5.15. The van der Waals surface area contributed by atoms with Gasteiger partial charge in [-0.3, -0.25) is 9.58 Å². The lowest BCUT2D eigenvalue weighted by Crippen LogP contribution is -2.38. The number of benzene rings is 1. The summed E-state index contributed by atoms with van der Waals surface area (Å²) in [7, 11) is 0. The molecule has 1 aliphatic heterocycles. The SMILES string of the molecule is CC(C)(O)CCn1ncc(-c2[nH]cc(-c3cccc(OCCN4CCOCC4)c3Cl)c2-c2ncccn2)c1C(F)(F)F. The minimum absolute atomic E-state index is 0.0791. The van der Waals surface area contributed by atoms with Gasteiger partial charge in [0.1, 0.15) is 12.4 Å². The molecule has 0 saturated carbocycles. The van der Waals surface area contributed by atoms with Gasteiger partial charge in [-0.15, -0.1) is 0 Å². The lowest BCUT2D eigenvalue weighted by atomic mass is 9.98. The zero-order valence-electron chi connectivity index (χ0n) is 23.3. The number of nitrogens with one attached hydrogen (secondary N) is 1. The van der Waals surface area contributed by atoms with E-state index in [0.717, 1.165) is 17.8 Å². The Balaban J connectivity index is 1.55. The Morgan fingerprint density at radius 1 is 1.05 bits per heavy atom. The molecule has 0 aliphatic carbocycles. The van der Waals surface area contributed by atoms with Crippen molar-refractivity contribution in [2.75, 3.05) is 39.5 Å². The highest BCUT2D eigenvalue weighted by Gasteiger charge is 2.40. The number of alkyl halides is 3. The summed E-state index contributed by atoms with van der Waals surface area (Å²) in [4.78, 5) is 14.0. The van der Waals surface area contributed by atoms with E-state index in [2.05, 4.69) is 25.0 Å². The van der Waals surface area contributed by atoms with Crippen LogP contribution in [0.1, 0.15) is 26.0 Å². The predicted molar refractivity (Wildman–Crippen MR) is 152 cm³/mol. The zero-order chi connectivity index (χ0) is 29.9. The Kier molecular flexibility index (Phi) is 8.88. The van der Waals surface area contributed by atoms with Crippen LogP contribution in [-0.2, 0) is 17.5 Å². The second-order valence-electron chi connectivity index (χ2n) is 10.6. The van der Waals surface area contributed by atoms with Crippen molar-refractivity contribution in [2.24, 2.45) is 0 Å². The first-order valence-corrected chi connectivity index (χ1v) is 14.0. The van der Waals surface area contributed by atoms with Gasteiger partial charge in [-0.2, -0.15) is 18.3 Å². The highest BCUT2D eigenvalue weighted by atomic mass is 35.5. The molecule has 2 N–H and O–H groups in total. The van der Waals surface area contributed by atoms with Gasteiger partial charge in [-0.25, -0.2) is 9.97 Å². The van der Waals surface area contributed by atoms with Crippen LogP contribution in [-0.4, -0.2) is 79.8 Å². The van der Waals surface area contributed by atoms with Crippen LogP contribution in [0.25, 0.3) is 33.8 Å². The zero-order valence-corrected chi connectivity index (χ0v) is 24.0. The summed E-state index contributed by atoms with van der Waals surface area (Å²) in [5, 5.41) is 14.5. The topological polar surface area (TPSA) is 101 Å². The van der Waals surface area contributed by atoms with Crippen LogP contribution in [0, 0.1) is 0 Å². The van der Waals surface area contributed by atoms with Crippen LogP contribution in [0.4, 0.5) is 13.2 Å². The summed E-state index contributed by atoms with van der Waals surface area (Å²) in [5.41, 5.74) is -0.720. The Hall–Kier alpha value is -3.45. The number of aryl methyl sites for hydroxylation is 1. The number of aromatic nitrogens is 5. The maximum Gasteiger partial charge on any atom is 0.433 e. The van der Waals surface area contributed by atoms with Crippen LogP contribution >= 0.6 is 11.6 Å². The molecular formula is C29H32ClF3N6O3. The minimum atomic E-state index is -4.72. The normalized spacial score (nSPS) is 14.8. The number of nitrogens with zero attached hydrogens (tertiary/aromatic N) is 5. The molecular weight excluding hydrogens is 573 g/mol. The van der Waals surface area contributed by atoms with E-state index in [-0.39, 0.29) is 30.0 Å². The van der Waals surface area contributed by atoms with Crippen LogP contribution in [0.2, 0.25) is 5.02 Å². The van der Waals surface area contributed by atoms with Crippen molar-refractivity contribution in [3.8, 4) is 39.5 Å². The number of morpholine rings is 1. The summed E-state index contributed by atoms with van der Waals surface area (Å²) < 4.78 is 55.7. The highest BCUT2D eigenvalue weighted by Crippen LogP contribution is 2.46. The Morgan fingerprint density at radius 3 is 2.48 bits per heavy atom. The molecule has 42 heavy (non-hydrogen) atoms. The number of halogens is 4. The number of aliphatic hydroxyl groups is 1. The van der Waals surface area contributed by atoms with Crippen LogP contribution in [0.5, 0.6) is 5.75 Å². The van der Waals surface area contributed by atoms with Crippen LogP contribution in [0.15, 0.2) is 49.1 Å². The fourth-order valence-electron chi connectivity index (χ4n) is 4.86. The first-order valence-electron chi connectivity index (χ1n) is 13.6. The number of H-pyrrole nitrogens is 1. The van der Waals surface area contributed by atoms with E-state index in [1.807, 2.05) is 0 Å². The summed E-state index contributed by atoms with van der Waals surface area (Å²) in [6, 6.07) is 6.93. The molecule has 1 fully saturated rings. The van der Waals surface area contributed by atoms with Crippen molar-refractivity contribution in [1.29, 1.82) is 0 Å². The van der Waals surface area contributed by atoms with Gasteiger partial charge in [-0.1, -0.05) is 23.7 Å². The molecule has 0 radical (unpaired) electrons. The maximum atomic E-state index is 14.5. The third-order valence-electron chi connectivity index (χ3n) is 7.00.